The maximum absolute atomic E-state index is 12.0. The van der Waals surface area contributed by atoms with Gasteiger partial charge in [-0.15, -0.1) is 0 Å². The van der Waals surface area contributed by atoms with E-state index in [1.165, 1.54) is 13.3 Å². The number of esters is 1. The Morgan fingerprint density at radius 1 is 1.09 bits per heavy atom. The number of allylic oxidation sites excluding steroid dienone is 2. The molecule has 23 heavy (non-hydrogen) atoms. The van der Waals surface area contributed by atoms with Crippen LogP contribution in [-0.2, 0) is 14.3 Å². The second-order valence-electron chi connectivity index (χ2n) is 6.36. The van der Waals surface area contributed by atoms with E-state index in [0.717, 1.165) is 38.5 Å². The van der Waals surface area contributed by atoms with E-state index in [9.17, 15) is 14.4 Å². The zero-order valence-corrected chi connectivity index (χ0v) is 13.7. The van der Waals surface area contributed by atoms with E-state index < -0.39 is 18.0 Å². The minimum atomic E-state index is -0.967. The van der Waals surface area contributed by atoms with Gasteiger partial charge in [0.1, 0.15) is 0 Å². The van der Waals surface area contributed by atoms with Crippen LogP contribution in [0.3, 0.4) is 0 Å². The van der Waals surface area contributed by atoms with E-state index >= 15 is 0 Å². The van der Waals surface area contributed by atoms with Crippen molar-refractivity contribution in [1.29, 1.82) is 0 Å². The molecule has 2 aliphatic carbocycles. The van der Waals surface area contributed by atoms with Crippen molar-refractivity contribution >= 4 is 17.9 Å². The molecule has 0 aromatic rings. The van der Waals surface area contributed by atoms with Crippen molar-refractivity contribution < 1.29 is 19.1 Å². The average Bonchev–Trinajstić information content (AvgIpc) is 2.56. The van der Waals surface area contributed by atoms with Crippen molar-refractivity contribution in [2.24, 2.45) is 5.92 Å². The van der Waals surface area contributed by atoms with Gasteiger partial charge in [-0.05, 0) is 39.0 Å². The Kier molecular flexibility index (Phi) is 6.62. The zero-order valence-electron chi connectivity index (χ0n) is 13.7. The summed E-state index contributed by atoms with van der Waals surface area (Å²) in [5, 5.41) is 5.06. The lowest BCUT2D eigenvalue weighted by molar-refractivity contribution is -0.158. The predicted molar refractivity (Wildman–Crippen MR) is 85.6 cm³/mol. The highest BCUT2D eigenvalue weighted by Gasteiger charge is 2.26. The standard InChI is InChI=1S/C17H26N2O4/c1-12(23-16(21)13-8-4-2-5-9-13)15(20)19-17(22)18-14-10-6-3-7-11-14/h2,4,12-14H,3,5-11H2,1H3,(H2,18,19,20,22)/t12-,13-/m0/s1. The van der Waals surface area contributed by atoms with E-state index in [-0.39, 0.29) is 17.9 Å². The third-order valence-corrected chi connectivity index (χ3v) is 4.44. The second-order valence-corrected chi connectivity index (χ2v) is 6.36. The van der Waals surface area contributed by atoms with Crippen molar-refractivity contribution in [3.63, 3.8) is 0 Å². The summed E-state index contributed by atoms with van der Waals surface area (Å²) in [5.41, 5.74) is 0. The lowest BCUT2D eigenvalue weighted by Crippen LogP contribution is -2.48. The van der Waals surface area contributed by atoms with Gasteiger partial charge in [0, 0.05) is 6.04 Å². The SMILES string of the molecule is C[C@H](OC(=O)[C@H]1CC=CCC1)C(=O)NC(=O)NC1CCCCC1. The topological polar surface area (TPSA) is 84.5 Å². The summed E-state index contributed by atoms with van der Waals surface area (Å²) in [6.45, 7) is 1.49. The van der Waals surface area contributed by atoms with Crippen molar-refractivity contribution in [3.05, 3.63) is 12.2 Å². The highest BCUT2D eigenvalue weighted by molar-refractivity contribution is 5.97. The Balaban J connectivity index is 1.72. The molecule has 0 heterocycles. The van der Waals surface area contributed by atoms with Gasteiger partial charge in [-0.1, -0.05) is 31.4 Å². The molecule has 2 rings (SSSR count). The van der Waals surface area contributed by atoms with Crippen LogP contribution < -0.4 is 10.6 Å². The van der Waals surface area contributed by atoms with Crippen LogP contribution in [0.4, 0.5) is 4.79 Å². The predicted octanol–water partition coefficient (Wildman–Crippen LogP) is 2.43. The maximum Gasteiger partial charge on any atom is 0.321 e. The zero-order chi connectivity index (χ0) is 16.7. The number of ether oxygens (including phenoxy) is 1. The van der Waals surface area contributed by atoms with E-state index in [0.29, 0.717) is 6.42 Å². The first-order chi connectivity index (χ1) is 11.1. The molecule has 1 fully saturated rings. The average molecular weight is 322 g/mol. The quantitative estimate of drug-likeness (QED) is 0.615. The smallest absolute Gasteiger partial charge is 0.321 e. The molecule has 0 spiro atoms. The monoisotopic (exact) mass is 322 g/mol. The molecule has 0 aromatic carbocycles. The number of urea groups is 1. The summed E-state index contributed by atoms with van der Waals surface area (Å²) in [6.07, 6.45) is 10.6. The largest absolute Gasteiger partial charge is 0.452 e. The fraction of sp³-hybridized carbons (Fsp3) is 0.706. The molecule has 128 valence electrons. The van der Waals surface area contributed by atoms with Gasteiger partial charge in [0.25, 0.3) is 5.91 Å². The molecule has 2 atom stereocenters. The summed E-state index contributed by atoms with van der Waals surface area (Å²) in [6, 6.07) is -0.381. The van der Waals surface area contributed by atoms with E-state index in [2.05, 4.69) is 10.6 Å². The van der Waals surface area contributed by atoms with Gasteiger partial charge in [-0.25, -0.2) is 4.79 Å². The third-order valence-electron chi connectivity index (χ3n) is 4.44. The molecule has 0 unspecified atom stereocenters. The molecule has 1 saturated carbocycles. The van der Waals surface area contributed by atoms with Crippen molar-refractivity contribution in [3.8, 4) is 0 Å². The van der Waals surface area contributed by atoms with Gasteiger partial charge >= 0.3 is 12.0 Å². The fourth-order valence-electron chi connectivity index (χ4n) is 3.01. The first-order valence-corrected chi connectivity index (χ1v) is 8.53. The van der Waals surface area contributed by atoms with Crippen LogP contribution in [0.1, 0.15) is 58.3 Å². The molecule has 2 N–H and O–H groups in total. The normalized spacial score (nSPS) is 22.9. The van der Waals surface area contributed by atoms with Crippen LogP contribution >= 0.6 is 0 Å². The third kappa shape index (κ3) is 5.69. The van der Waals surface area contributed by atoms with Crippen LogP contribution in [0.2, 0.25) is 0 Å². The Hall–Kier alpha value is -1.85. The highest BCUT2D eigenvalue weighted by Crippen LogP contribution is 2.20. The van der Waals surface area contributed by atoms with Gasteiger partial charge in [0.2, 0.25) is 0 Å². The van der Waals surface area contributed by atoms with Gasteiger partial charge in [0.15, 0.2) is 6.10 Å². The molecular weight excluding hydrogens is 296 g/mol. The van der Waals surface area contributed by atoms with Gasteiger partial charge in [0.05, 0.1) is 5.92 Å². The minimum Gasteiger partial charge on any atom is -0.452 e. The molecular formula is C17H26N2O4. The molecule has 0 radical (unpaired) electrons. The Morgan fingerprint density at radius 3 is 2.48 bits per heavy atom. The first-order valence-electron chi connectivity index (χ1n) is 8.53. The molecule has 6 heteroatoms. The molecule has 6 nitrogen and oxygen atoms in total. The van der Waals surface area contributed by atoms with E-state index in [4.69, 9.17) is 4.74 Å². The maximum atomic E-state index is 12.0. The number of rotatable bonds is 4. The molecule has 2 aliphatic rings. The van der Waals surface area contributed by atoms with Crippen molar-refractivity contribution in [2.75, 3.05) is 0 Å². The number of carbonyl (C=O) groups excluding carboxylic acids is 3. The van der Waals surface area contributed by atoms with Crippen molar-refractivity contribution in [1.82, 2.24) is 10.6 Å². The summed E-state index contributed by atoms with van der Waals surface area (Å²) in [5.74, 6) is -1.14. The van der Waals surface area contributed by atoms with Gasteiger partial charge in [-0.3, -0.25) is 14.9 Å². The number of amides is 3. The van der Waals surface area contributed by atoms with Crippen LogP contribution in [0.25, 0.3) is 0 Å². The first kappa shape index (κ1) is 17.5. The second kappa shape index (κ2) is 8.70. The highest BCUT2D eigenvalue weighted by atomic mass is 16.5. The Labute approximate surface area is 137 Å². The lowest BCUT2D eigenvalue weighted by atomic mass is 9.95. The fourth-order valence-corrected chi connectivity index (χ4v) is 3.01. The minimum absolute atomic E-state index is 0.128. The summed E-state index contributed by atoms with van der Waals surface area (Å²) in [4.78, 5) is 35.8. The number of carbonyl (C=O) groups is 3. The molecule has 0 aromatic heterocycles. The Morgan fingerprint density at radius 2 is 1.83 bits per heavy atom. The number of imide groups is 1. The van der Waals surface area contributed by atoms with Gasteiger partial charge in [-0.2, -0.15) is 0 Å². The van der Waals surface area contributed by atoms with Crippen molar-refractivity contribution in [2.45, 2.75) is 70.4 Å². The van der Waals surface area contributed by atoms with Crippen LogP contribution in [0, 0.1) is 5.92 Å². The number of nitrogens with one attached hydrogen (secondary N) is 2. The molecule has 3 amide bonds. The van der Waals surface area contributed by atoms with Crippen LogP contribution in [0.5, 0.6) is 0 Å². The van der Waals surface area contributed by atoms with Gasteiger partial charge < -0.3 is 10.1 Å². The summed E-state index contributed by atoms with van der Waals surface area (Å²) in [7, 11) is 0. The van der Waals surface area contributed by atoms with Crippen LogP contribution in [-0.4, -0.2) is 30.1 Å². The van der Waals surface area contributed by atoms with Crippen LogP contribution in [0.15, 0.2) is 12.2 Å². The van der Waals surface area contributed by atoms with E-state index in [1.54, 1.807) is 0 Å². The Bertz CT molecular complexity index is 469. The molecule has 0 aliphatic heterocycles. The number of hydrogen-bond donors (Lipinski definition) is 2. The molecule has 0 saturated heterocycles. The summed E-state index contributed by atoms with van der Waals surface area (Å²) >= 11 is 0. The lowest BCUT2D eigenvalue weighted by Gasteiger charge is -2.23. The van der Waals surface area contributed by atoms with E-state index in [1.807, 2.05) is 12.2 Å². The number of hydrogen-bond acceptors (Lipinski definition) is 4. The summed E-state index contributed by atoms with van der Waals surface area (Å²) < 4.78 is 5.18. The molecule has 0 bridgehead atoms.